The van der Waals surface area contributed by atoms with Gasteiger partial charge in [-0.2, -0.15) is 0 Å². The van der Waals surface area contributed by atoms with Crippen molar-refractivity contribution in [3.63, 3.8) is 0 Å². The number of hydrogen-bond donors (Lipinski definition) is 9. The summed E-state index contributed by atoms with van der Waals surface area (Å²) in [5.41, 5.74) is 5.26. The lowest BCUT2D eigenvalue weighted by molar-refractivity contribution is -0.150. The molecule has 28 nitrogen and oxygen atoms in total. The molecular formula is C44H81N11O17. The van der Waals surface area contributed by atoms with Gasteiger partial charge >= 0.3 is 0 Å². The molecule has 0 aliphatic rings. The van der Waals surface area contributed by atoms with Gasteiger partial charge < -0.3 is 90.9 Å². The zero-order valence-electron chi connectivity index (χ0n) is 43.4. The SMILES string of the molecule is CNCC(=O)N(C)CC(=O)N(C)CC(=O)N(CC(=O)N(CC(=O)N(CC(=O)N(CC(=O)N(CC(=O)N(CC(=O)N(CC(N)=O)CC(C)O)CC(C)O)CC(C)O)CC(C)O)CC(C)O)CC(C)O)CC(C)O. The normalized spacial score (nSPS) is 14.0. The summed E-state index contributed by atoms with van der Waals surface area (Å²) in [6.07, 6.45) is -8.48. The molecule has 7 unspecified atom stereocenters. The third-order valence-electron chi connectivity index (χ3n) is 10.1. The molecule has 0 bridgehead atoms. The molecule has 0 aliphatic carbocycles. The molecule has 0 aromatic heterocycles. The molecule has 0 spiro atoms. The molecule has 28 heteroatoms. The van der Waals surface area contributed by atoms with Gasteiger partial charge in [-0.05, 0) is 55.5 Å². The molecule has 7 atom stereocenters. The average molecular weight is 1040 g/mol. The Balaban J connectivity index is 6.58. The van der Waals surface area contributed by atoms with Crippen LogP contribution in [0.25, 0.3) is 0 Å². The Labute approximate surface area is 420 Å². The molecule has 0 aromatic carbocycles. The van der Waals surface area contributed by atoms with Gasteiger partial charge in [0, 0.05) is 59.9 Å². The lowest BCUT2D eigenvalue weighted by Gasteiger charge is -2.33. The fourth-order valence-corrected chi connectivity index (χ4v) is 6.87. The van der Waals surface area contributed by atoms with E-state index < -0.39 is 188 Å². The first-order chi connectivity index (χ1) is 33.3. The molecule has 72 heavy (non-hydrogen) atoms. The highest BCUT2D eigenvalue weighted by molar-refractivity contribution is 5.94. The van der Waals surface area contributed by atoms with Crippen molar-refractivity contribution in [1.82, 2.24) is 49.4 Å². The van der Waals surface area contributed by atoms with Gasteiger partial charge in [-0.25, -0.2) is 0 Å². The lowest BCUT2D eigenvalue weighted by Crippen LogP contribution is -2.55. The maximum atomic E-state index is 14.0. The van der Waals surface area contributed by atoms with Crippen LogP contribution >= 0.6 is 0 Å². The highest BCUT2D eigenvalue weighted by Gasteiger charge is 2.33. The van der Waals surface area contributed by atoms with Crippen molar-refractivity contribution in [2.75, 3.05) is 132 Å². The third-order valence-corrected chi connectivity index (χ3v) is 10.1. The van der Waals surface area contributed by atoms with E-state index in [9.17, 15) is 83.7 Å². The van der Waals surface area contributed by atoms with Crippen molar-refractivity contribution >= 4 is 59.1 Å². The number of hydrogen-bond acceptors (Lipinski definition) is 18. The monoisotopic (exact) mass is 1040 g/mol. The Morgan fingerprint density at radius 3 is 0.708 bits per heavy atom. The van der Waals surface area contributed by atoms with Gasteiger partial charge in [0.25, 0.3) is 0 Å². The van der Waals surface area contributed by atoms with E-state index in [1.807, 2.05) is 0 Å². The number of likely N-dealkylation sites (N-methyl/N-ethyl adjacent to an activating group) is 3. The first-order valence-corrected chi connectivity index (χ1v) is 23.4. The molecule has 0 fully saturated rings. The van der Waals surface area contributed by atoms with Crippen LogP contribution in [0.1, 0.15) is 48.5 Å². The topological polar surface area (TPSA) is 380 Å². The summed E-state index contributed by atoms with van der Waals surface area (Å²) < 4.78 is 0. The van der Waals surface area contributed by atoms with Gasteiger partial charge in [-0.1, -0.05) is 0 Å². The van der Waals surface area contributed by atoms with Crippen LogP contribution in [0.15, 0.2) is 0 Å². The zero-order chi connectivity index (χ0) is 55.7. The van der Waals surface area contributed by atoms with E-state index in [0.29, 0.717) is 0 Å². The van der Waals surface area contributed by atoms with Crippen molar-refractivity contribution in [3.05, 3.63) is 0 Å². The summed E-state index contributed by atoms with van der Waals surface area (Å²) >= 11 is 0. The second-order valence-electron chi connectivity index (χ2n) is 18.4. The van der Waals surface area contributed by atoms with Crippen LogP contribution in [-0.2, 0) is 47.9 Å². The first kappa shape index (κ1) is 66.4. The van der Waals surface area contributed by atoms with Crippen LogP contribution in [0.3, 0.4) is 0 Å². The Morgan fingerprint density at radius 1 is 0.333 bits per heavy atom. The smallest absolute Gasteiger partial charge is 0.242 e. The second kappa shape index (κ2) is 33.2. The summed E-state index contributed by atoms with van der Waals surface area (Å²) in [6, 6.07) is 0. The van der Waals surface area contributed by atoms with Crippen molar-refractivity contribution < 1.29 is 83.7 Å². The summed E-state index contributed by atoms with van der Waals surface area (Å²) in [4.78, 5) is 141. The quantitative estimate of drug-likeness (QED) is 0.0289. The van der Waals surface area contributed by atoms with E-state index in [1.54, 1.807) is 7.05 Å². The van der Waals surface area contributed by atoms with Crippen molar-refractivity contribution in [2.24, 2.45) is 5.73 Å². The van der Waals surface area contributed by atoms with Gasteiger partial charge in [-0.3, -0.25) is 47.9 Å². The zero-order valence-corrected chi connectivity index (χ0v) is 43.4. The Morgan fingerprint density at radius 2 is 0.514 bits per heavy atom. The number of aliphatic hydroxyl groups excluding tert-OH is 7. The molecule has 10 N–H and O–H groups in total. The predicted octanol–water partition coefficient (Wildman–Crippen LogP) is -7.93. The summed E-state index contributed by atoms with van der Waals surface area (Å²) in [5.74, 6) is -8.21. The number of primary amides is 1. The molecule has 0 saturated heterocycles. The van der Waals surface area contributed by atoms with E-state index in [1.165, 1.54) is 62.6 Å². The lowest BCUT2D eigenvalue weighted by atomic mass is 10.2. The van der Waals surface area contributed by atoms with Gasteiger partial charge in [0.15, 0.2) is 0 Å². The van der Waals surface area contributed by atoms with Gasteiger partial charge in [0.1, 0.15) is 0 Å². The van der Waals surface area contributed by atoms with E-state index >= 15 is 0 Å². The van der Waals surface area contributed by atoms with Crippen LogP contribution in [0.2, 0.25) is 0 Å². The second-order valence-corrected chi connectivity index (χ2v) is 18.4. The Kier molecular flexibility index (Phi) is 30.6. The average Bonchev–Trinajstić information content (AvgIpc) is 3.23. The van der Waals surface area contributed by atoms with Gasteiger partial charge in [0.05, 0.1) is 108 Å². The van der Waals surface area contributed by atoms with Crippen LogP contribution in [0, 0.1) is 0 Å². The number of aliphatic hydroxyl groups is 7. The van der Waals surface area contributed by atoms with Crippen LogP contribution < -0.4 is 11.1 Å². The van der Waals surface area contributed by atoms with Gasteiger partial charge in [-0.15, -0.1) is 0 Å². The van der Waals surface area contributed by atoms with Crippen molar-refractivity contribution in [2.45, 2.75) is 91.2 Å². The Bertz CT molecular complexity index is 1800. The minimum atomic E-state index is -1.27. The molecule has 10 amide bonds. The highest BCUT2D eigenvalue weighted by atomic mass is 16.3. The maximum Gasteiger partial charge on any atom is 0.242 e. The predicted molar refractivity (Wildman–Crippen MR) is 256 cm³/mol. The largest absolute Gasteiger partial charge is 0.392 e. The van der Waals surface area contributed by atoms with Crippen LogP contribution in [0.4, 0.5) is 0 Å². The van der Waals surface area contributed by atoms with Crippen LogP contribution in [0.5, 0.6) is 0 Å². The fourth-order valence-electron chi connectivity index (χ4n) is 6.87. The third kappa shape index (κ3) is 27.3. The number of nitrogens with zero attached hydrogens (tertiary/aromatic N) is 9. The van der Waals surface area contributed by atoms with Crippen LogP contribution in [-0.4, -0.2) is 314 Å². The number of nitrogens with one attached hydrogen (secondary N) is 1. The van der Waals surface area contributed by atoms with E-state index in [4.69, 9.17) is 5.73 Å². The first-order valence-electron chi connectivity index (χ1n) is 23.4. The van der Waals surface area contributed by atoms with Crippen molar-refractivity contribution in [3.8, 4) is 0 Å². The number of amides is 10. The van der Waals surface area contributed by atoms with E-state index in [0.717, 1.165) is 44.1 Å². The van der Waals surface area contributed by atoms with E-state index in [-0.39, 0.29) is 25.5 Å². The molecule has 0 rings (SSSR count). The van der Waals surface area contributed by atoms with E-state index in [2.05, 4.69) is 5.32 Å². The maximum absolute atomic E-state index is 14.0. The van der Waals surface area contributed by atoms with Gasteiger partial charge in [0.2, 0.25) is 59.1 Å². The molecule has 0 heterocycles. The summed E-state index contributed by atoms with van der Waals surface area (Å²) in [5, 5.41) is 74.4. The molecule has 0 aromatic rings. The van der Waals surface area contributed by atoms with Crippen molar-refractivity contribution in [1.29, 1.82) is 0 Å². The Hall–Kier alpha value is -5.62. The molecule has 0 aliphatic heterocycles. The number of nitrogens with two attached hydrogens (primary N) is 1. The molecule has 0 saturated carbocycles. The minimum Gasteiger partial charge on any atom is -0.392 e. The minimum absolute atomic E-state index is 0.0382. The number of carbonyl (C=O) groups excluding carboxylic acids is 10. The summed E-state index contributed by atoms with van der Waals surface area (Å²) in [7, 11) is 4.25. The standard InChI is InChI=1S/C44H81N11O17/c1-28(56)12-49(19-35(45)63)39(67)22-51(14-30(3)58)41(69)24-53(16-32(5)60)43(71)26-55(18-34(7)62)44(72)27-54(17-33(6)61)42(70)25-52(15-31(4)59)40(68)23-50(13-29(2)57)38(66)21-48(10)37(65)20-47(9)36(64)11-46-8/h28-34,46,56-62H,11-27H2,1-10H3,(H2,45,63). The number of rotatable bonds is 34. The number of carbonyl (C=O) groups is 10. The highest BCUT2D eigenvalue weighted by Crippen LogP contribution is 2.09. The fraction of sp³-hybridized carbons (Fsp3) is 0.773. The molecule has 414 valence electrons. The molecular weight excluding hydrogens is 955 g/mol. The summed E-state index contributed by atoms with van der Waals surface area (Å²) in [6.45, 7) is -0.300. The molecule has 0 radical (unpaired) electrons.